The third-order valence-electron chi connectivity index (χ3n) is 2.72. The Morgan fingerprint density at radius 1 is 1.64 bits per heavy atom. The summed E-state index contributed by atoms with van der Waals surface area (Å²) in [5, 5.41) is 21.2. The van der Waals surface area contributed by atoms with E-state index in [-0.39, 0.29) is 24.6 Å². The molecule has 2 N–H and O–H groups in total. The zero-order valence-electron chi connectivity index (χ0n) is 8.57. The van der Waals surface area contributed by atoms with Crippen LogP contribution in [0.25, 0.3) is 0 Å². The fraction of sp³-hybridized carbons (Fsp3) is 0.900. The minimum absolute atomic E-state index is 0.0426. The van der Waals surface area contributed by atoms with Crippen LogP contribution in [0.2, 0.25) is 0 Å². The van der Waals surface area contributed by atoms with Gasteiger partial charge in [-0.05, 0) is 12.8 Å². The molecule has 1 aliphatic rings. The van der Waals surface area contributed by atoms with E-state index in [0.29, 0.717) is 6.61 Å². The van der Waals surface area contributed by atoms with E-state index in [0.717, 1.165) is 19.3 Å². The number of hydrogen-bond acceptors (Lipinski definition) is 4. The maximum absolute atomic E-state index is 9.05. The van der Waals surface area contributed by atoms with Gasteiger partial charge in [0.05, 0.1) is 31.2 Å². The van der Waals surface area contributed by atoms with Crippen molar-refractivity contribution in [3.05, 3.63) is 0 Å². The van der Waals surface area contributed by atoms with Gasteiger partial charge in [-0.15, -0.1) is 0 Å². The highest BCUT2D eigenvalue weighted by Gasteiger charge is 2.28. The van der Waals surface area contributed by atoms with Crippen LogP contribution in [-0.4, -0.2) is 37.5 Å². The Morgan fingerprint density at radius 2 is 2.43 bits per heavy atom. The van der Waals surface area contributed by atoms with Crippen LogP contribution in [0.4, 0.5) is 0 Å². The fourth-order valence-electron chi connectivity index (χ4n) is 1.97. The predicted octanol–water partition coefficient (Wildman–Crippen LogP) is 0.276. The van der Waals surface area contributed by atoms with Crippen LogP contribution >= 0.6 is 0 Å². The molecule has 1 fully saturated rings. The van der Waals surface area contributed by atoms with E-state index in [1.807, 2.05) is 0 Å². The van der Waals surface area contributed by atoms with Crippen molar-refractivity contribution in [1.29, 1.82) is 5.26 Å². The molecule has 0 aliphatic heterocycles. The van der Waals surface area contributed by atoms with Gasteiger partial charge in [-0.1, -0.05) is 6.42 Å². The average Bonchev–Trinajstić information content (AvgIpc) is 2.64. The molecule has 0 radical (unpaired) electrons. The summed E-state index contributed by atoms with van der Waals surface area (Å²) in [5.41, 5.74) is 0. The Hall–Kier alpha value is -0.630. The summed E-state index contributed by atoms with van der Waals surface area (Å²) in [4.78, 5) is 0. The standard InChI is InChI=1S/C10H18N2O2/c1-14-7-9(6-13)12-10-4-2-3-8(10)5-11/h8-10,12-13H,2-4,6-7H2,1H3. The number of methoxy groups -OCH3 is 1. The van der Waals surface area contributed by atoms with Crippen LogP contribution in [0.15, 0.2) is 0 Å². The number of aliphatic hydroxyl groups is 1. The second-order valence-corrected chi connectivity index (χ2v) is 3.77. The van der Waals surface area contributed by atoms with Gasteiger partial charge in [-0.25, -0.2) is 0 Å². The molecule has 3 unspecified atom stereocenters. The highest BCUT2D eigenvalue weighted by molar-refractivity contribution is 4.97. The zero-order valence-corrected chi connectivity index (χ0v) is 8.57. The first kappa shape index (κ1) is 11.4. The molecular formula is C10H18N2O2. The van der Waals surface area contributed by atoms with Crippen LogP contribution in [0.1, 0.15) is 19.3 Å². The number of hydrogen-bond donors (Lipinski definition) is 2. The molecule has 0 aromatic heterocycles. The Kier molecular flexibility index (Phi) is 4.88. The van der Waals surface area contributed by atoms with Crippen molar-refractivity contribution in [1.82, 2.24) is 5.32 Å². The van der Waals surface area contributed by atoms with Gasteiger partial charge >= 0.3 is 0 Å². The van der Waals surface area contributed by atoms with E-state index in [2.05, 4.69) is 11.4 Å². The first-order chi connectivity index (χ1) is 6.81. The van der Waals surface area contributed by atoms with Gasteiger partial charge in [-0.3, -0.25) is 0 Å². The Morgan fingerprint density at radius 3 is 3.00 bits per heavy atom. The van der Waals surface area contributed by atoms with Gasteiger partial charge in [0, 0.05) is 13.2 Å². The van der Waals surface area contributed by atoms with E-state index < -0.39 is 0 Å². The number of nitriles is 1. The highest BCUT2D eigenvalue weighted by Crippen LogP contribution is 2.25. The number of nitrogens with zero attached hydrogens (tertiary/aromatic N) is 1. The van der Waals surface area contributed by atoms with Crippen molar-refractivity contribution in [2.75, 3.05) is 20.3 Å². The second kappa shape index (κ2) is 5.97. The van der Waals surface area contributed by atoms with Gasteiger partial charge in [-0.2, -0.15) is 5.26 Å². The lowest BCUT2D eigenvalue weighted by atomic mass is 10.1. The van der Waals surface area contributed by atoms with Gasteiger partial charge in [0.2, 0.25) is 0 Å². The molecule has 1 rings (SSSR count). The number of aliphatic hydroxyl groups excluding tert-OH is 1. The van der Waals surface area contributed by atoms with Crippen molar-refractivity contribution >= 4 is 0 Å². The van der Waals surface area contributed by atoms with Crippen LogP contribution < -0.4 is 5.32 Å². The molecule has 3 atom stereocenters. The average molecular weight is 198 g/mol. The number of rotatable bonds is 5. The molecular weight excluding hydrogens is 180 g/mol. The summed E-state index contributed by atoms with van der Waals surface area (Å²) in [7, 11) is 1.61. The summed E-state index contributed by atoms with van der Waals surface area (Å²) in [6.07, 6.45) is 3.10. The molecule has 4 nitrogen and oxygen atoms in total. The molecule has 0 heterocycles. The molecule has 0 saturated heterocycles. The molecule has 0 bridgehead atoms. The third-order valence-corrected chi connectivity index (χ3v) is 2.72. The molecule has 80 valence electrons. The lowest BCUT2D eigenvalue weighted by Crippen LogP contribution is -2.44. The van der Waals surface area contributed by atoms with Crippen LogP contribution in [0.3, 0.4) is 0 Å². The first-order valence-electron chi connectivity index (χ1n) is 5.07. The van der Waals surface area contributed by atoms with Crippen molar-refractivity contribution < 1.29 is 9.84 Å². The Bertz CT molecular complexity index is 203. The zero-order chi connectivity index (χ0) is 10.4. The summed E-state index contributed by atoms with van der Waals surface area (Å²) in [6.45, 7) is 0.549. The molecule has 0 aromatic rings. The molecule has 0 spiro atoms. The molecule has 1 saturated carbocycles. The Labute approximate surface area is 84.9 Å². The largest absolute Gasteiger partial charge is 0.395 e. The SMILES string of the molecule is COCC(CO)NC1CCCC1C#N. The van der Waals surface area contributed by atoms with Crippen LogP contribution in [0.5, 0.6) is 0 Å². The molecule has 0 aromatic carbocycles. The van der Waals surface area contributed by atoms with E-state index in [9.17, 15) is 0 Å². The third kappa shape index (κ3) is 2.95. The summed E-state index contributed by atoms with van der Waals surface area (Å²) in [5.74, 6) is 0.0981. The van der Waals surface area contributed by atoms with Crippen molar-refractivity contribution in [2.24, 2.45) is 5.92 Å². The monoisotopic (exact) mass is 198 g/mol. The van der Waals surface area contributed by atoms with Gasteiger partial charge in [0.15, 0.2) is 0 Å². The van der Waals surface area contributed by atoms with Crippen LogP contribution in [0, 0.1) is 17.2 Å². The summed E-state index contributed by atoms with van der Waals surface area (Å²) >= 11 is 0. The quantitative estimate of drug-likeness (QED) is 0.665. The fourth-order valence-corrected chi connectivity index (χ4v) is 1.97. The molecule has 0 amide bonds. The Balaban J connectivity index is 2.37. The smallest absolute Gasteiger partial charge is 0.0672 e. The highest BCUT2D eigenvalue weighted by atomic mass is 16.5. The van der Waals surface area contributed by atoms with E-state index in [1.54, 1.807) is 7.11 Å². The summed E-state index contributed by atoms with van der Waals surface area (Å²) < 4.78 is 4.97. The lowest BCUT2D eigenvalue weighted by Gasteiger charge is -2.22. The van der Waals surface area contributed by atoms with Crippen molar-refractivity contribution in [3.63, 3.8) is 0 Å². The number of nitrogens with one attached hydrogen (secondary N) is 1. The molecule has 14 heavy (non-hydrogen) atoms. The van der Waals surface area contributed by atoms with E-state index in [4.69, 9.17) is 15.1 Å². The van der Waals surface area contributed by atoms with Gasteiger partial charge in [0.1, 0.15) is 0 Å². The normalized spacial score (nSPS) is 28.6. The van der Waals surface area contributed by atoms with Gasteiger partial charge < -0.3 is 15.2 Å². The summed E-state index contributed by atoms with van der Waals surface area (Å²) in [6, 6.07) is 2.49. The van der Waals surface area contributed by atoms with Crippen LogP contribution in [-0.2, 0) is 4.74 Å². The second-order valence-electron chi connectivity index (χ2n) is 3.77. The van der Waals surface area contributed by atoms with Crippen molar-refractivity contribution in [3.8, 4) is 6.07 Å². The lowest BCUT2D eigenvalue weighted by molar-refractivity contribution is 0.120. The van der Waals surface area contributed by atoms with E-state index in [1.165, 1.54) is 0 Å². The topological polar surface area (TPSA) is 65.3 Å². The minimum Gasteiger partial charge on any atom is -0.395 e. The minimum atomic E-state index is -0.0426. The van der Waals surface area contributed by atoms with E-state index >= 15 is 0 Å². The van der Waals surface area contributed by atoms with Gasteiger partial charge in [0.25, 0.3) is 0 Å². The molecule has 1 aliphatic carbocycles. The first-order valence-corrected chi connectivity index (χ1v) is 5.07. The molecule has 4 heteroatoms. The number of ether oxygens (including phenoxy) is 1. The maximum Gasteiger partial charge on any atom is 0.0672 e. The maximum atomic E-state index is 9.05. The predicted molar refractivity (Wildman–Crippen MR) is 52.6 cm³/mol. The van der Waals surface area contributed by atoms with Crippen molar-refractivity contribution in [2.45, 2.75) is 31.3 Å².